The van der Waals surface area contributed by atoms with Crippen molar-refractivity contribution in [2.75, 3.05) is 13.1 Å². The van der Waals surface area contributed by atoms with Crippen molar-refractivity contribution in [2.24, 2.45) is 0 Å². The van der Waals surface area contributed by atoms with E-state index in [-0.39, 0.29) is 11.9 Å². The van der Waals surface area contributed by atoms with Gasteiger partial charge in [0.05, 0.1) is 0 Å². The molecule has 3 heteroatoms. The third-order valence-corrected chi connectivity index (χ3v) is 5.49. The Balaban J connectivity index is 1.55. The standard InChI is InChI=1S/C23H26N2O/c1-16(2)25-11-5-8-22(15-25)24-23(26)20-10-9-19-12-17-6-3-4-7-18(17)13-21(19)14-20/h3-4,6-7,9-10,12-14,16,22H,5,8,11,15H2,1-2H3,(H,24,26)/t22-/m1/s1. The maximum atomic E-state index is 12.8. The molecule has 1 atom stereocenters. The Kier molecular flexibility index (Phi) is 4.64. The van der Waals surface area contributed by atoms with Crippen LogP contribution < -0.4 is 5.32 Å². The van der Waals surface area contributed by atoms with Gasteiger partial charge in [-0.25, -0.2) is 0 Å². The molecule has 3 nitrogen and oxygen atoms in total. The molecular formula is C23H26N2O. The molecule has 0 aromatic heterocycles. The van der Waals surface area contributed by atoms with Crippen LogP contribution in [0.1, 0.15) is 37.0 Å². The highest BCUT2D eigenvalue weighted by Crippen LogP contribution is 2.24. The second kappa shape index (κ2) is 7.08. The predicted molar refractivity (Wildman–Crippen MR) is 109 cm³/mol. The van der Waals surface area contributed by atoms with Crippen LogP contribution in [0.5, 0.6) is 0 Å². The second-order valence-electron chi connectivity index (χ2n) is 7.66. The Labute approximate surface area is 155 Å². The lowest BCUT2D eigenvalue weighted by atomic mass is 10.0. The average Bonchev–Trinajstić information content (AvgIpc) is 2.66. The molecule has 0 radical (unpaired) electrons. The third kappa shape index (κ3) is 3.45. The quantitative estimate of drug-likeness (QED) is 0.703. The predicted octanol–water partition coefficient (Wildman–Crippen LogP) is 4.60. The van der Waals surface area contributed by atoms with Crippen molar-refractivity contribution in [2.45, 2.75) is 38.8 Å². The van der Waals surface area contributed by atoms with Crippen LogP contribution in [0.2, 0.25) is 0 Å². The summed E-state index contributed by atoms with van der Waals surface area (Å²) in [5, 5.41) is 7.96. The summed E-state index contributed by atoms with van der Waals surface area (Å²) in [6, 6.07) is 19.5. The SMILES string of the molecule is CC(C)N1CCC[C@@H](NC(=O)c2ccc3cc4ccccc4cc3c2)C1. The van der Waals surface area contributed by atoms with Gasteiger partial charge in [0.2, 0.25) is 0 Å². The van der Waals surface area contributed by atoms with Crippen molar-refractivity contribution in [1.82, 2.24) is 10.2 Å². The van der Waals surface area contributed by atoms with E-state index in [1.165, 1.54) is 16.2 Å². The number of nitrogens with zero attached hydrogens (tertiary/aromatic N) is 1. The van der Waals surface area contributed by atoms with Crippen LogP contribution in [0.3, 0.4) is 0 Å². The van der Waals surface area contributed by atoms with Gasteiger partial charge < -0.3 is 5.32 Å². The van der Waals surface area contributed by atoms with Crippen LogP contribution in [-0.2, 0) is 0 Å². The molecule has 1 aliphatic heterocycles. The Morgan fingerprint density at radius 2 is 1.69 bits per heavy atom. The first-order chi connectivity index (χ1) is 12.6. The molecule has 0 aliphatic carbocycles. The molecule has 0 spiro atoms. The van der Waals surface area contributed by atoms with Gasteiger partial charge in [0.25, 0.3) is 5.91 Å². The van der Waals surface area contributed by atoms with Gasteiger partial charge in [-0.3, -0.25) is 9.69 Å². The Morgan fingerprint density at radius 1 is 1.00 bits per heavy atom. The van der Waals surface area contributed by atoms with E-state index in [1.807, 2.05) is 18.2 Å². The summed E-state index contributed by atoms with van der Waals surface area (Å²) in [4.78, 5) is 15.2. The Morgan fingerprint density at radius 3 is 2.42 bits per heavy atom. The van der Waals surface area contributed by atoms with E-state index in [0.29, 0.717) is 6.04 Å². The van der Waals surface area contributed by atoms with Crippen molar-refractivity contribution in [3.8, 4) is 0 Å². The zero-order chi connectivity index (χ0) is 18.1. The van der Waals surface area contributed by atoms with Crippen molar-refractivity contribution in [3.63, 3.8) is 0 Å². The third-order valence-electron chi connectivity index (χ3n) is 5.49. The fourth-order valence-corrected chi connectivity index (χ4v) is 3.94. The van der Waals surface area contributed by atoms with Crippen LogP contribution >= 0.6 is 0 Å². The monoisotopic (exact) mass is 346 g/mol. The first-order valence-corrected chi connectivity index (χ1v) is 9.57. The molecule has 1 fully saturated rings. The van der Waals surface area contributed by atoms with Gasteiger partial charge in [0.15, 0.2) is 0 Å². The summed E-state index contributed by atoms with van der Waals surface area (Å²) in [5.41, 5.74) is 0.745. The molecule has 0 bridgehead atoms. The van der Waals surface area contributed by atoms with Crippen molar-refractivity contribution in [1.29, 1.82) is 0 Å². The number of hydrogen-bond acceptors (Lipinski definition) is 2. The molecule has 1 heterocycles. The van der Waals surface area contributed by atoms with Crippen LogP contribution in [0.4, 0.5) is 0 Å². The molecular weight excluding hydrogens is 320 g/mol. The molecule has 1 aliphatic rings. The van der Waals surface area contributed by atoms with Gasteiger partial charge in [-0.2, -0.15) is 0 Å². The van der Waals surface area contributed by atoms with Crippen molar-refractivity contribution in [3.05, 3.63) is 60.2 Å². The Hall–Kier alpha value is -2.39. The molecule has 1 N–H and O–H groups in total. The highest BCUT2D eigenvalue weighted by molar-refractivity contribution is 6.03. The summed E-state index contributed by atoms with van der Waals surface area (Å²) in [7, 11) is 0. The van der Waals surface area contributed by atoms with Crippen molar-refractivity contribution >= 4 is 27.5 Å². The minimum atomic E-state index is 0.0377. The van der Waals surface area contributed by atoms with Crippen LogP contribution in [0, 0.1) is 0 Å². The van der Waals surface area contributed by atoms with Gasteiger partial charge in [0.1, 0.15) is 0 Å². The number of carbonyl (C=O) groups excluding carboxylic acids is 1. The topological polar surface area (TPSA) is 32.3 Å². The van der Waals surface area contributed by atoms with Crippen LogP contribution in [0.15, 0.2) is 54.6 Å². The molecule has 4 rings (SSSR count). The van der Waals surface area contributed by atoms with E-state index in [2.05, 4.69) is 60.5 Å². The first kappa shape index (κ1) is 17.0. The zero-order valence-corrected chi connectivity index (χ0v) is 15.5. The average molecular weight is 346 g/mol. The summed E-state index contributed by atoms with van der Waals surface area (Å²) in [6.07, 6.45) is 2.21. The fraction of sp³-hybridized carbons (Fsp3) is 0.348. The van der Waals surface area contributed by atoms with E-state index < -0.39 is 0 Å². The van der Waals surface area contributed by atoms with Crippen LogP contribution in [0.25, 0.3) is 21.5 Å². The molecule has 3 aromatic carbocycles. The van der Waals surface area contributed by atoms with E-state index >= 15 is 0 Å². The number of fused-ring (bicyclic) bond motifs is 2. The summed E-state index contributed by atoms with van der Waals surface area (Å²) < 4.78 is 0. The smallest absolute Gasteiger partial charge is 0.251 e. The minimum Gasteiger partial charge on any atom is -0.348 e. The molecule has 134 valence electrons. The van der Waals surface area contributed by atoms with Gasteiger partial charge in [0, 0.05) is 24.2 Å². The normalized spacial score (nSPS) is 18.5. The summed E-state index contributed by atoms with van der Waals surface area (Å²) >= 11 is 0. The maximum Gasteiger partial charge on any atom is 0.251 e. The lowest BCUT2D eigenvalue weighted by Crippen LogP contribution is -2.49. The minimum absolute atomic E-state index is 0.0377. The number of amides is 1. The van der Waals surface area contributed by atoms with E-state index in [1.54, 1.807) is 0 Å². The number of piperidine rings is 1. The van der Waals surface area contributed by atoms with Gasteiger partial charge >= 0.3 is 0 Å². The number of likely N-dealkylation sites (tertiary alicyclic amines) is 1. The number of rotatable bonds is 3. The number of nitrogens with one attached hydrogen (secondary N) is 1. The number of benzene rings is 3. The fourth-order valence-electron chi connectivity index (χ4n) is 3.94. The lowest BCUT2D eigenvalue weighted by molar-refractivity contribution is 0.0886. The zero-order valence-electron chi connectivity index (χ0n) is 15.5. The van der Waals surface area contributed by atoms with E-state index in [0.717, 1.165) is 36.9 Å². The van der Waals surface area contributed by atoms with Crippen molar-refractivity contribution < 1.29 is 4.79 Å². The molecule has 1 saturated heterocycles. The van der Waals surface area contributed by atoms with Crippen LogP contribution in [-0.4, -0.2) is 36.0 Å². The Bertz CT molecular complexity index is 947. The van der Waals surface area contributed by atoms with E-state index in [4.69, 9.17) is 0 Å². The summed E-state index contributed by atoms with van der Waals surface area (Å²) in [6.45, 7) is 6.52. The lowest BCUT2D eigenvalue weighted by Gasteiger charge is -2.35. The molecule has 1 amide bonds. The number of carbonyl (C=O) groups is 1. The highest BCUT2D eigenvalue weighted by Gasteiger charge is 2.23. The van der Waals surface area contributed by atoms with E-state index in [9.17, 15) is 4.79 Å². The number of hydrogen-bond donors (Lipinski definition) is 1. The first-order valence-electron chi connectivity index (χ1n) is 9.57. The van der Waals surface area contributed by atoms with Gasteiger partial charge in [-0.05, 0) is 79.0 Å². The summed E-state index contributed by atoms with van der Waals surface area (Å²) in [5.74, 6) is 0.0377. The molecule has 26 heavy (non-hydrogen) atoms. The molecule has 0 unspecified atom stereocenters. The van der Waals surface area contributed by atoms with Gasteiger partial charge in [-0.1, -0.05) is 30.3 Å². The maximum absolute atomic E-state index is 12.8. The highest BCUT2D eigenvalue weighted by atomic mass is 16.1. The van der Waals surface area contributed by atoms with Gasteiger partial charge in [-0.15, -0.1) is 0 Å². The molecule has 3 aromatic rings. The largest absolute Gasteiger partial charge is 0.348 e. The second-order valence-corrected chi connectivity index (χ2v) is 7.66. The molecule has 0 saturated carbocycles.